The number of anilines is 4. The fourth-order valence-electron chi connectivity index (χ4n) is 2.10. The highest BCUT2D eigenvalue weighted by molar-refractivity contribution is 5.77. The summed E-state index contributed by atoms with van der Waals surface area (Å²) in [5.74, 6) is 1.16. The SMILES string of the molecule is Cc1ccc(CNc2ncnc(Nc3cccnc3)c2N)cc1. The van der Waals surface area contributed by atoms with Gasteiger partial charge in [0.1, 0.15) is 12.0 Å². The molecule has 0 radical (unpaired) electrons. The van der Waals surface area contributed by atoms with Crippen LogP contribution in [-0.2, 0) is 6.54 Å². The van der Waals surface area contributed by atoms with Gasteiger partial charge in [-0.3, -0.25) is 4.98 Å². The van der Waals surface area contributed by atoms with Crippen molar-refractivity contribution >= 4 is 23.0 Å². The van der Waals surface area contributed by atoms with Crippen LogP contribution in [0.2, 0.25) is 0 Å². The molecule has 0 bridgehead atoms. The van der Waals surface area contributed by atoms with Gasteiger partial charge in [-0.05, 0) is 24.6 Å². The van der Waals surface area contributed by atoms with Crippen LogP contribution in [0.4, 0.5) is 23.0 Å². The predicted octanol–water partition coefficient (Wildman–Crippen LogP) is 3.12. The number of rotatable bonds is 5. The van der Waals surface area contributed by atoms with E-state index in [0.717, 1.165) is 11.3 Å². The van der Waals surface area contributed by atoms with Crippen molar-refractivity contribution in [1.82, 2.24) is 15.0 Å². The van der Waals surface area contributed by atoms with Gasteiger partial charge in [-0.1, -0.05) is 29.8 Å². The van der Waals surface area contributed by atoms with Gasteiger partial charge in [0, 0.05) is 12.7 Å². The minimum absolute atomic E-state index is 0.475. The Bertz CT molecular complexity index is 771. The Morgan fingerprint density at radius 1 is 1.04 bits per heavy atom. The lowest BCUT2D eigenvalue weighted by atomic mass is 10.1. The third-order valence-corrected chi connectivity index (χ3v) is 3.39. The number of nitrogens with two attached hydrogens (primary N) is 1. The summed E-state index contributed by atoms with van der Waals surface area (Å²) >= 11 is 0. The first-order chi connectivity index (χ1) is 11.2. The molecule has 3 rings (SSSR count). The summed E-state index contributed by atoms with van der Waals surface area (Å²) in [5.41, 5.74) is 9.84. The summed E-state index contributed by atoms with van der Waals surface area (Å²) in [7, 11) is 0. The third-order valence-electron chi connectivity index (χ3n) is 3.39. The molecule has 0 fully saturated rings. The van der Waals surface area contributed by atoms with Crippen molar-refractivity contribution in [3.63, 3.8) is 0 Å². The van der Waals surface area contributed by atoms with Gasteiger partial charge in [0.15, 0.2) is 11.6 Å². The molecule has 0 saturated heterocycles. The monoisotopic (exact) mass is 306 g/mol. The number of benzene rings is 1. The van der Waals surface area contributed by atoms with E-state index in [9.17, 15) is 0 Å². The van der Waals surface area contributed by atoms with Gasteiger partial charge in [0.25, 0.3) is 0 Å². The Kier molecular flexibility index (Phi) is 4.33. The molecule has 0 unspecified atom stereocenters. The molecule has 6 heteroatoms. The van der Waals surface area contributed by atoms with E-state index < -0.39 is 0 Å². The van der Waals surface area contributed by atoms with Crippen molar-refractivity contribution in [2.45, 2.75) is 13.5 Å². The average molecular weight is 306 g/mol. The van der Waals surface area contributed by atoms with Crippen LogP contribution in [0.1, 0.15) is 11.1 Å². The molecule has 1 aromatic carbocycles. The lowest BCUT2D eigenvalue weighted by Gasteiger charge is -2.12. The first kappa shape index (κ1) is 14.8. The van der Waals surface area contributed by atoms with E-state index in [0.29, 0.717) is 23.9 Å². The number of aromatic nitrogens is 3. The van der Waals surface area contributed by atoms with Crippen molar-refractivity contribution in [2.75, 3.05) is 16.4 Å². The third kappa shape index (κ3) is 3.74. The van der Waals surface area contributed by atoms with Gasteiger partial charge in [0.2, 0.25) is 0 Å². The van der Waals surface area contributed by atoms with Crippen molar-refractivity contribution in [1.29, 1.82) is 0 Å². The van der Waals surface area contributed by atoms with Gasteiger partial charge in [-0.25, -0.2) is 9.97 Å². The highest BCUT2D eigenvalue weighted by Gasteiger charge is 2.08. The van der Waals surface area contributed by atoms with E-state index in [4.69, 9.17) is 5.73 Å². The minimum atomic E-state index is 0.475. The lowest BCUT2D eigenvalue weighted by Crippen LogP contribution is -2.08. The normalized spacial score (nSPS) is 10.3. The number of pyridine rings is 1. The summed E-state index contributed by atoms with van der Waals surface area (Å²) in [6.45, 7) is 2.71. The van der Waals surface area contributed by atoms with E-state index in [2.05, 4.69) is 56.8 Å². The van der Waals surface area contributed by atoms with E-state index in [-0.39, 0.29) is 0 Å². The molecule has 0 aliphatic carbocycles. The van der Waals surface area contributed by atoms with Gasteiger partial charge in [-0.15, -0.1) is 0 Å². The van der Waals surface area contributed by atoms with Gasteiger partial charge in [0.05, 0.1) is 11.9 Å². The van der Waals surface area contributed by atoms with E-state index >= 15 is 0 Å². The zero-order chi connectivity index (χ0) is 16.1. The standard InChI is InChI=1S/C17H18N6/c1-12-4-6-13(7-5-12)9-20-16-15(18)17(22-11-21-16)23-14-3-2-8-19-10-14/h2-8,10-11H,9,18H2,1H3,(H2,20,21,22,23). The van der Waals surface area contributed by atoms with E-state index in [1.165, 1.54) is 11.9 Å². The zero-order valence-corrected chi connectivity index (χ0v) is 12.8. The Balaban J connectivity index is 1.73. The number of aryl methyl sites for hydroxylation is 1. The highest BCUT2D eigenvalue weighted by atomic mass is 15.1. The smallest absolute Gasteiger partial charge is 0.159 e. The van der Waals surface area contributed by atoms with Gasteiger partial charge in [-0.2, -0.15) is 0 Å². The summed E-state index contributed by atoms with van der Waals surface area (Å²) in [5, 5.41) is 6.38. The molecule has 0 aliphatic heterocycles. The van der Waals surface area contributed by atoms with Crippen LogP contribution in [0, 0.1) is 6.92 Å². The Labute approximate surface area is 134 Å². The highest BCUT2D eigenvalue weighted by Crippen LogP contribution is 2.25. The van der Waals surface area contributed by atoms with Crippen LogP contribution in [0.15, 0.2) is 55.1 Å². The number of nitrogens with zero attached hydrogens (tertiary/aromatic N) is 3. The second kappa shape index (κ2) is 6.74. The molecule has 4 N–H and O–H groups in total. The molecule has 6 nitrogen and oxygen atoms in total. The maximum absolute atomic E-state index is 6.15. The van der Waals surface area contributed by atoms with Crippen LogP contribution >= 0.6 is 0 Å². The second-order valence-electron chi connectivity index (χ2n) is 5.19. The molecule has 2 heterocycles. The van der Waals surface area contributed by atoms with Crippen LogP contribution in [0.3, 0.4) is 0 Å². The predicted molar refractivity (Wildman–Crippen MR) is 92.5 cm³/mol. The van der Waals surface area contributed by atoms with Crippen molar-refractivity contribution in [2.24, 2.45) is 0 Å². The fraction of sp³-hybridized carbons (Fsp3) is 0.118. The first-order valence-corrected chi connectivity index (χ1v) is 7.29. The number of hydrogen-bond acceptors (Lipinski definition) is 6. The Morgan fingerprint density at radius 3 is 2.57 bits per heavy atom. The molecular formula is C17H18N6. The maximum atomic E-state index is 6.15. The van der Waals surface area contributed by atoms with Crippen LogP contribution < -0.4 is 16.4 Å². The molecule has 0 atom stereocenters. The maximum Gasteiger partial charge on any atom is 0.159 e. The first-order valence-electron chi connectivity index (χ1n) is 7.29. The molecule has 3 aromatic rings. The number of nitrogens with one attached hydrogen (secondary N) is 2. The summed E-state index contributed by atoms with van der Waals surface area (Å²) in [6.07, 6.45) is 4.90. The molecule has 116 valence electrons. The topological polar surface area (TPSA) is 88.8 Å². The van der Waals surface area contributed by atoms with Crippen molar-refractivity contribution < 1.29 is 0 Å². The number of hydrogen-bond donors (Lipinski definition) is 3. The quantitative estimate of drug-likeness (QED) is 0.671. The van der Waals surface area contributed by atoms with Crippen LogP contribution in [-0.4, -0.2) is 15.0 Å². The molecule has 23 heavy (non-hydrogen) atoms. The lowest BCUT2D eigenvalue weighted by molar-refractivity contribution is 1.08. The summed E-state index contributed by atoms with van der Waals surface area (Å²) in [4.78, 5) is 12.4. The summed E-state index contributed by atoms with van der Waals surface area (Å²) < 4.78 is 0. The molecular weight excluding hydrogens is 288 g/mol. The van der Waals surface area contributed by atoms with Crippen molar-refractivity contribution in [3.8, 4) is 0 Å². The molecule has 0 saturated carbocycles. The van der Waals surface area contributed by atoms with E-state index in [1.54, 1.807) is 12.4 Å². The minimum Gasteiger partial charge on any atom is -0.393 e. The summed E-state index contributed by atoms with van der Waals surface area (Å²) in [6, 6.07) is 12.1. The Morgan fingerprint density at radius 2 is 1.83 bits per heavy atom. The fourth-order valence-corrected chi connectivity index (χ4v) is 2.10. The van der Waals surface area contributed by atoms with Crippen molar-refractivity contribution in [3.05, 3.63) is 66.2 Å². The zero-order valence-electron chi connectivity index (χ0n) is 12.8. The van der Waals surface area contributed by atoms with E-state index in [1.807, 2.05) is 12.1 Å². The average Bonchev–Trinajstić information content (AvgIpc) is 2.58. The van der Waals surface area contributed by atoms with Crippen LogP contribution in [0.5, 0.6) is 0 Å². The molecule has 2 aromatic heterocycles. The van der Waals surface area contributed by atoms with Gasteiger partial charge >= 0.3 is 0 Å². The molecule has 0 amide bonds. The second-order valence-corrected chi connectivity index (χ2v) is 5.19. The Hall–Kier alpha value is -3.15. The molecule has 0 aliphatic rings. The number of nitrogen functional groups attached to an aromatic ring is 1. The van der Waals surface area contributed by atoms with Gasteiger partial charge < -0.3 is 16.4 Å². The largest absolute Gasteiger partial charge is 0.393 e. The molecule has 0 spiro atoms. The van der Waals surface area contributed by atoms with Crippen LogP contribution in [0.25, 0.3) is 0 Å².